The lowest BCUT2D eigenvalue weighted by Crippen LogP contribution is -2.23. The van der Waals surface area contributed by atoms with Crippen LogP contribution in [0.2, 0.25) is 0 Å². The Balaban J connectivity index is 2.27. The number of allylic oxidation sites excluding steroid dienone is 4. The summed E-state index contributed by atoms with van der Waals surface area (Å²) in [5.41, 5.74) is 5.05. The zero-order valence-electron chi connectivity index (χ0n) is 11.4. The zero-order valence-corrected chi connectivity index (χ0v) is 11.4. The largest absolute Gasteiger partial charge is 0.303 e. The van der Waals surface area contributed by atoms with Gasteiger partial charge in [-0.05, 0) is 62.0 Å². The van der Waals surface area contributed by atoms with Crippen LogP contribution in [0.15, 0.2) is 22.8 Å². The minimum Gasteiger partial charge on any atom is -0.303 e. The quantitative estimate of drug-likeness (QED) is 0.643. The lowest BCUT2D eigenvalue weighted by Gasteiger charge is -2.37. The van der Waals surface area contributed by atoms with Crippen LogP contribution in [0.5, 0.6) is 0 Å². The maximum Gasteiger partial charge on any atom is 0.123 e. The highest BCUT2D eigenvalue weighted by atomic mass is 16.1. The third-order valence-electron chi connectivity index (χ3n) is 4.42. The Labute approximate surface area is 105 Å². The van der Waals surface area contributed by atoms with Gasteiger partial charge in [-0.1, -0.05) is 25.5 Å². The summed E-state index contributed by atoms with van der Waals surface area (Å²) in [6.45, 7) is 7.04. The van der Waals surface area contributed by atoms with Crippen LogP contribution >= 0.6 is 0 Å². The molecule has 0 aromatic heterocycles. The molecule has 0 aromatic carbocycles. The molecule has 0 spiro atoms. The highest BCUT2D eigenvalue weighted by Crippen LogP contribution is 2.46. The van der Waals surface area contributed by atoms with Crippen LogP contribution in [0.3, 0.4) is 0 Å². The molecule has 17 heavy (non-hydrogen) atoms. The molecule has 0 amide bonds. The Morgan fingerprint density at radius 2 is 2.12 bits per heavy atom. The number of carbonyl (C=O) groups is 1. The van der Waals surface area contributed by atoms with E-state index in [1.165, 1.54) is 24.8 Å². The van der Waals surface area contributed by atoms with Crippen LogP contribution in [0, 0.1) is 11.3 Å². The smallest absolute Gasteiger partial charge is 0.123 e. The molecule has 2 aliphatic carbocycles. The summed E-state index contributed by atoms with van der Waals surface area (Å²) < 4.78 is 0. The van der Waals surface area contributed by atoms with E-state index in [0.29, 0.717) is 5.41 Å². The molecule has 0 saturated carbocycles. The molecule has 1 nitrogen and oxygen atoms in total. The van der Waals surface area contributed by atoms with Crippen molar-refractivity contribution in [3.8, 4) is 0 Å². The predicted octanol–water partition coefficient (Wildman–Crippen LogP) is 4.44. The number of hydrogen-bond donors (Lipinski definition) is 0. The first-order valence-corrected chi connectivity index (χ1v) is 6.89. The van der Waals surface area contributed by atoms with Gasteiger partial charge in [0.25, 0.3) is 0 Å². The summed E-state index contributed by atoms with van der Waals surface area (Å²) in [5.74, 6) is 0.270. The predicted molar refractivity (Wildman–Crippen MR) is 71.8 cm³/mol. The van der Waals surface area contributed by atoms with E-state index in [1.54, 1.807) is 11.1 Å². The molecule has 1 atom stereocenters. The summed E-state index contributed by atoms with van der Waals surface area (Å²) in [6.07, 6.45) is 10.4. The zero-order chi connectivity index (χ0) is 12.5. The van der Waals surface area contributed by atoms with E-state index in [2.05, 4.69) is 26.8 Å². The van der Waals surface area contributed by atoms with Crippen LogP contribution in [0.1, 0.15) is 59.3 Å². The van der Waals surface area contributed by atoms with Crippen LogP contribution in [0.4, 0.5) is 0 Å². The summed E-state index contributed by atoms with van der Waals surface area (Å²) in [6, 6.07) is 0. The van der Waals surface area contributed by atoms with Gasteiger partial charge in [0.2, 0.25) is 0 Å². The van der Waals surface area contributed by atoms with Crippen molar-refractivity contribution in [3.05, 3.63) is 22.8 Å². The molecule has 1 unspecified atom stereocenters. The highest BCUT2D eigenvalue weighted by Gasteiger charge is 2.31. The van der Waals surface area contributed by atoms with Crippen molar-refractivity contribution in [1.82, 2.24) is 0 Å². The van der Waals surface area contributed by atoms with E-state index in [1.807, 2.05) is 0 Å². The molecule has 0 bridgehead atoms. The van der Waals surface area contributed by atoms with Gasteiger partial charge in [-0.3, -0.25) is 0 Å². The summed E-state index contributed by atoms with van der Waals surface area (Å²) in [7, 11) is 0. The Hall–Kier alpha value is -0.850. The van der Waals surface area contributed by atoms with Crippen molar-refractivity contribution in [2.45, 2.75) is 59.3 Å². The van der Waals surface area contributed by atoms with Crippen LogP contribution < -0.4 is 0 Å². The lowest BCUT2D eigenvalue weighted by atomic mass is 9.68. The number of rotatable bonds is 2. The summed E-state index contributed by atoms with van der Waals surface area (Å²) >= 11 is 0. The second-order valence-electron chi connectivity index (χ2n) is 6.29. The van der Waals surface area contributed by atoms with Crippen LogP contribution in [-0.4, -0.2) is 6.29 Å². The van der Waals surface area contributed by atoms with E-state index in [-0.39, 0.29) is 5.92 Å². The van der Waals surface area contributed by atoms with Crippen molar-refractivity contribution in [1.29, 1.82) is 0 Å². The minimum absolute atomic E-state index is 0.270. The van der Waals surface area contributed by atoms with Crippen molar-refractivity contribution >= 4 is 6.29 Å². The Morgan fingerprint density at radius 3 is 2.65 bits per heavy atom. The van der Waals surface area contributed by atoms with Crippen molar-refractivity contribution in [2.75, 3.05) is 0 Å². The first kappa shape index (κ1) is 12.6. The first-order valence-electron chi connectivity index (χ1n) is 6.89. The Bertz CT molecular complexity index is 371. The molecule has 0 aromatic rings. The standard InChI is InChI=1S/C16H24O/c1-12-5-4-10-16(2,3)15(12)14-8-6-13(11-17)7-9-14/h8,11,13H,4-7,9-10H2,1-3H3. The van der Waals surface area contributed by atoms with Crippen LogP contribution in [-0.2, 0) is 4.79 Å². The van der Waals surface area contributed by atoms with Gasteiger partial charge in [0.1, 0.15) is 6.29 Å². The van der Waals surface area contributed by atoms with Gasteiger partial charge in [0, 0.05) is 5.92 Å². The molecule has 0 fully saturated rings. The third-order valence-corrected chi connectivity index (χ3v) is 4.42. The molecule has 2 aliphatic rings. The normalized spacial score (nSPS) is 28.9. The molecule has 2 rings (SSSR count). The van der Waals surface area contributed by atoms with Gasteiger partial charge >= 0.3 is 0 Å². The molecule has 0 aliphatic heterocycles. The van der Waals surface area contributed by atoms with Crippen LogP contribution in [0.25, 0.3) is 0 Å². The monoisotopic (exact) mass is 232 g/mol. The average Bonchev–Trinajstić information content (AvgIpc) is 2.28. The molecule has 1 heteroatoms. The molecule has 0 saturated heterocycles. The highest BCUT2D eigenvalue weighted by molar-refractivity contribution is 5.55. The minimum atomic E-state index is 0.270. The molecular weight excluding hydrogens is 208 g/mol. The summed E-state index contributed by atoms with van der Waals surface area (Å²) in [4.78, 5) is 10.8. The van der Waals surface area contributed by atoms with Gasteiger partial charge < -0.3 is 4.79 Å². The topological polar surface area (TPSA) is 17.1 Å². The van der Waals surface area contributed by atoms with E-state index in [9.17, 15) is 4.79 Å². The second-order valence-corrected chi connectivity index (χ2v) is 6.29. The second kappa shape index (κ2) is 4.80. The molecule has 0 N–H and O–H groups in total. The average molecular weight is 232 g/mol. The first-order chi connectivity index (χ1) is 8.04. The van der Waals surface area contributed by atoms with Gasteiger partial charge in [-0.15, -0.1) is 0 Å². The molecular formula is C16H24O. The number of carbonyl (C=O) groups excluding carboxylic acids is 1. The maximum atomic E-state index is 10.8. The van der Waals surface area contributed by atoms with Crippen molar-refractivity contribution < 1.29 is 4.79 Å². The van der Waals surface area contributed by atoms with Crippen molar-refractivity contribution in [2.24, 2.45) is 11.3 Å². The molecule has 94 valence electrons. The Morgan fingerprint density at radius 1 is 1.35 bits per heavy atom. The van der Waals surface area contributed by atoms with Gasteiger partial charge in [0.05, 0.1) is 0 Å². The Kier molecular flexibility index (Phi) is 3.56. The molecule has 0 heterocycles. The SMILES string of the molecule is CC1=C(C2=CCC(C=O)CC2)C(C)(C)CCC1. The van der Waals surface area contributed by atoms with E-state index < -0.39 is 0 Å². The van der Waals surface area contributed by atoms with E-state index >= 15 is 0 Å². The van der Waals surface area contributed by atoms with E-state index in [4.69, 9.17) is 0 Å². The van der Waals surface area contributed by atoms with Gasteiger partial charge in [-0.25, -0.2) is 0 Å². The lowest BCUT2D eigenvalue weighted by molar-refractivity contribution is -0.111. The van der Waals surface area contributed by atoms with Gasteiger partial charge in [0.15, 0.2) is 0 Å². The number of aldehydes is 1. The maximum absolute atomic E-state index is 10.8. The molecule has 0 radical (unpaired) electrons. The fourth-order valence-corrected chi connectivity index (χ4v) is 3.54. The van der Waals surface area contributed by atoms with Crippen molar-refractivity contribution in [3.63, 3.8) is 0 Å². The summed E-state index contributed by atoms with van der Waals surface area (Å²) in [5, 5.41) is 0. The fourth-order valence-electron chi connectivity index (χ4n) is 3.54. The fraction of sp³-hybridized carbons (Fsp3) is 0.688. The van der Waals surface area contributed by atoms with Gasteiger partial charge in [-0.2, -0.15) is 0 Å². The number of hydrogen-bond acceptors (Lipinski definition) is 1. The third kappa shape index (κ3) is 2.53. The van der Waals surface area contributed by atoms with E-state index in [0.717, 1.165) is 25.5 Å².